The third kappa shape index (κ3) is 2.23. The summed E-state index contributed by atoms with van der Waals surface area (Å²) >= 11 is 12.4. The van der Waals surface area contributed by atoms with Crippen LogP contribution >= 0.6 is 23.2 Å². The maximum atomic E-state index is 6.45. The van der Waals surface area contributed by atoms with Gasteiger partial charge in [0.25, 0.3) is 0 Å². The average Bonchev–Trinajstić information content (AvgIpc) is 2.90. The number of rotatable bonds is 3. The molecule has 0 aliphatic heterocycles. The number of imidazole rings is 1. The number of alkyl halides is 1. The van der Waals surface area contributed by atoms with Gasteiger partial charge in [0.1, 0.15) is 5.82 Å². The van der Waals surface area contributed by atoms with Crippen LogP contribution in [0.3, 0.4) is 0 Å². The molecule has 20 heavy (non-hydrogen) atoms. The highest BCUT2D eigenvalue weighted by molar-refractivity contribution is 6.35. The van der Waals surface area contributed by atoms with Crippen molar-refractivity contribution in [2.45, 2.75) is 45.6 Å². The van der Waals surface area contributed by atoms with Gasteiger partial charge in [-0.3, -0.25) is 0 Å². The first-order chi connectivity index (χ1) is 9.54. The number of aromatic nitrogens is 2. The van der Waals surface area contributed by atoms with Crippen LogP contribution < -0.4 is 0 Å². The molecule has 1 aliphatic carbocycles. The van der Waals surface area contributed by atoms with Gasteiger partial charge >= 0.3 is 0 Å². The van der Waals surface area contributed by atoms with E-state index in [0.29, 0.717) is 11.9 Å². The van der Waals surface area contributed by atoms with Gasteiger partial charge < -0.3 is 4.57 Å². The molecule has 0 N–H and O–H groups in total. The molecule has 1 atom stereocenters. The Morgan fingerprint density at radius 1 is 1.40 bits per heavy atom. The second-order valence-corrected chi connectivity index (χ2v) is 7.13. The van der Waals surface area contributed by atoms with Gasteiger partial charge in [0.2, 0.25) is 0 Å². The number of hydrogen-bond donors (Lipinski definition) is 0. The molecule has 2 nitrogen and oxygen atoms in total. The molecule has 3 rings (SSSR count). The zero-order valence-corrected chi connectivity index (χ0v) is 13.5. The molecule has 1 heterocycles. The molecule has 0 spiro atoms. The van der Waals surface area contributed by atoms with E-state index >= 15 is 0 Å². The summed E-state index contributed by atoms with van der Waals surface area (Å²) in [7, 11) is 0. The van der Waals surface area contributed by atoms with E-state index in [9.17, 15) is 0 Å². The van der Waals surface area contributed by atoms with E-state index in [1.807, 2.05) is 18.2 Å². The lowest BCUT2D eigenvalue weighted by Gasteiger charge is -2.30. The van der Waals surface area contributed by atoms with Crippen LogP contribution in [0.2, 0.25) is 5.02 Å². The Labute approximate surface area is 130 Å². The number of aryl methyl sites for hydroxylation is 1. The summed E-state index contributed by atoms with van der Waals surface area (Å²) in [6.45, 7) is 4.69. The highest BCUT2D eigenvalue weighted by Gasteiger charge is 2.37. The highest BCUT2D eigenvalue weighted by atomic mass is 35.5. The zero-order chi connectivity index (χ0) is 14.3. The monoisotopic (exact) mass is 310 g/mol. The summed E-state index contributed by atoms with van der Waals surface area (Å²) in [6, 6.07) is 6.42. The number of hydrogen-bond acceptors (Lipinski definition) is 1. The molecule has 0 saturated heterocycles. The van der Waals surface area contributed by atoms with Crippen LogP contribution in [0.4, 0.5) is 0 Å². The van der Waals surface area contributed by atoms with E-state index < -0.39 is 0 Å². The molecule has 4 heteroatoms. The standard InChI is InChI=1S/C16H20Cl2N2/c1-16(2)9-4-7-13(16)20-14(8-10-17)19-12-6-3-5-11(18)15(12)20/h3,5-6,13H,4,7-10H2,1-2H3. The van der Waals surface area contributed by atoms with Crippen molar-refractivity contribution >= 4 is 34.2 Å². The van der Waals surface area contributed by atoms with Crippen LogP contribution in [0.5, 0.6) is 0 Å². The van der Waals surface area contributed by atoms with Gasteiger partial charge in [-0.25, -0.2) is 4.98 Å². The van der Waals surface area contributed by atoms with Crippen molar-refractivity contribution in [3.05, 3.63) is 29.0 Å². The van der Waals surface area contributed by atoms with Gasteiger partial charge in [0.15, 0.2) is 0 Å². The molecule has 2 aromatic rings. The van der Waals surface area contributed by atoms with Gasteiger partial charge in [-0.05, 0) is 30.4 Å². The lowest BCUT2D eigenvalue weighted by molar-refractivity contribution is 0.261. The zero-order valence-electron chi connectivity index (χ0n) is 12.0. The number of fused-ring (bicyclic) bond motifs is 1. The van der Waals surface area contributed by atoms with Crippen molar-refractivity contribution in [3.63, 3.8) is 0 Å². The number of para-hydroxylation sites is 1. The summed E-state index contributed by atoms with van der Waals surface area (Å²) in [5, 5.41) is 0.790. The fraction of sp³-hybridized carbons (Fsp3) is 0.562. The topological polar surface area (TPSA) is 17.8 Å². The van der Waals surface area contributed by atoms with Crippen LogP contribution in [-0.4, -0.2) is 15.4 Å². The summed E-state index contributed by atoms with van der Waals surface area (Å²) < 4.78 is 2.37. The maximum Gasteiger partial charge on any atom is 0.111 e. The lowest BCUT2D eigenvalue weighted by atomic mass is 9.87. The SMILES string of the molecule is CC1(C)CCCC1n1c(CCCl)nc2cccc(Cl)c21. The first kappa shape index (κ1) is 14.2. The predicted molar refractivity (Wildman–Crippen MR) is 85.8 cm³/mol. The van der Waals surface area contributed by atoms with Gasteiger partial charge in [-0.15, -0.1) is 11.6 Å². The van der Waals surface area contributed by atoms with E-state index in [-0.39, 0.29) is 5.41 Å². The van der Waals surface area contributed by atoms with Gasteiger partial charge in [0, 0.05) is 18.3 Å². The molecule has 1 aliphatic rings. The van der Waals surface area contributed by atoms with Crippen LogP contribution in [0.25, 0.3) is 11.0 Å². The molecule has 1 unspecified atom stereocenters. The predicted octanol–water partition coefficient (Wildman–Crippen LogP) is 5.22. The Balaban J connectivity index is 2.23. The summed E-state index contributed by atoms with van der Waals surface area (Å²) in [4.78, 5) is 4.77. The van der Waals surface area contributed by atoms with Crippen LogP contribution in [0, 0.1) is 5.41 Å². The van der Waals surface area contributed by atoms with Crippen molar-refractivity contribution in [3.8, 4) is 0 Å². The minimum absolute atomic E-state index is 0.286. The third-order valence-electron chi connectivity index (χ3n) is 4.56. The highest BCUT2D eigenvalue weighted by Crippen LogP contribution is 2.48. The lowest BCUT2D eigenvalue weighted by Crippen LogP contribution is -2.23. The van der Waals surface area contributed by atoms with Crippen molar-refractivity contribution in [1.82, 2.24) is 9.55 Å². The van der Waals surface area contributed by atoms with Gasteiger partial charge in [-0.1, -0.05) is 37.9 Å². The van der Waals surface area contributed by atoms with E-state index in [2.05, 4.69) is 18.4 Å². The second kappa shape index (κ2) is 5.23. The smallest absolute Gasteiger partial charge is 0.111 e. The van der Waals surface area contributed by atoms with Crippen molar-refractivity contribution in [1.29, 1.82) is 0 Å². The Morgan fingerprint density at radius 2 is 2.20 bits per heavy atom. The molecule has 1 saturated carbocycles. The summed E-state index contributed by atoms with van der Waals surface area (Å²) in [5.74, 6) is 1.66. The quantitative estimate of drug-likeness (QED) is 0.710. The number of benzene rings is 1. The fourth-order valence-electron chi connectivity index (χ4n) is 3.54. The minimum atomic E-state index is 0.286. The van der Waals surface area contributed by atoms with E-state index in [1.54, 1.807) is 0 Å². The molecule has 1 fully saturated rings. The first-order valence-corrected chi connectivity index (χ1v) is 8.17. The number of nitrogens with zero attached hydrogens (tertiary/aromatic N) is 2. The summed E-state index contributed by atoms with van der Waals surface area (Å²) in [5.41, 5.74) is 2.35. The van der Waals surface area contributed by atoms with Crippen molar-refractivity contribution < 1.29 is 0 Å². The molecular formula is C16H20Cl2N2. The largest absolute Gasteiger partial charge is 0.323 e. The molecular weight excluding hydrogens is 291 g/mol. The minimum Gasteiger partial charge on any atom is -0.323 e. The fourth-order valence-corrected chi connectivity index (χ4v) is 3.97. The average molecular weight is 311 g/mol. The Morgan fingerprint density at radius 3 is 2.85 bits per heavy atom. The Kier molecular flexibility index (Phi) is 3.72. The summed E-state index contributed by atoms with van der Waals surface area (Å²) in [6.07, 6.45) is 4.50. The van der Waals surface area contributed by atoms with E-state index in [0.717, 1.165) is 28.3 Å². The number of halogens is 2. The molecule has 1 aromatic heterocycles. The van der Waals surface area contributed by atoms with Crippen LogP contribution in [-0.2, 0) is 6.42 Å². The van der Waals surface area contributed by atoms with Crippen molar-refractivity contribution in [2.75, 3.05) is 5.88 Å². The van der Waals surface area contributed by atoms with Gasteiger partial charge in [-0.2, -0.15) is 0 Å². The Bertz CT molecular complexity index is 631. The molecule has 0 bridgehead atoms. The third-order valence-corrected chi connectivity index (χ3v) is 5.06. The van der Waals surface area contributed by atoms with Crippen LogP contribution in [0.1, 0.15) is 45.0 Å². The molecule has 0 amide bonds. The normalized spacial score (nSPS) is 21.7. The molecule has 0 radical (unpaired) electrons. The first-order valence-electron chi connectivity index (χ1n) is 7.26. The Hall–Kier alpha value is -0.730. The maximum absolute atomic E-state index is 6.45. The van der Waals surface area contributed by atoms with Crippen LogP contribution in [0.15, 0.2) is 18.2 Å². The van der Waals surface area contributed by atoms with E-state index in [1.165, 1.54) is 19.3 Å². The van der Waals surface area contributed by atoms with Crippen molar-refractivity contribution in [2.24, 2.45) is 5.41 Å². The second-order valence-electron chi connectivity index (χ2n) is 6.34. The molecule has 1 aromatic carbocycles. The van der Waals surface area contributed by atoms with E-state index in [4.69, 9.17) is 28.2 Å². The van der Waals surface area contributed by atoms with Gasteiger partial charge in [0.05, 0.1) is 16.1 Å². The molecule has 108 valence electrons.